The maximum Gasteiger partial charge on any atom is 0.00419 e. The van der Waals surface area contributed by atoms with Crippen molar-refractivity contribution in [3.05, 3.63) is 42.0 Å². The lowest BCUT2D eigenvalue weighted by molar-refractivity contribution is 0.506. The minimum Gasteiger partial charge on any atom is -0.328 e. The van der Waals surface area contributed by atoms with Gasteiger partial charge in [-0.2, -0.15) is 0 Å². The van der Waals surface area contributed by atoms with Crippen molar-refractivity contribution >= 4 is 6.08 Å². The Bertz CT molecular complexity index is 393. The molecule has 1 atom stereocenters. The summed E-state index contributed by atoms with van der Waals surface area (Å²) in [4.78, 5) is 0. The summed E-state index contributed by atoms with van der Waals surface area (Å²) in [5.74, 6) is 0. The van der Waals surface area contributed by atoms with E-state index >= 15 is 0 Å². The third-order valence-corrected chi connectivity index (χ3v) is 4.70. The predicted molar refractivity (Wildman–Crippen MR) is 105 cm³/mol. The maximum atomic E-state index is 6.26. The first kappa shape index (κ1) is 20.0. The fraction of sp³-hybridized carbons (Fsp3) is 0.636. The van der Waals surface area contributed by atoms with Crippen molar-refractivity contribution in [2.75, 3.05) is 0 Å². The van der Waals surface area contributed by atoms with E-state index in [1.165, 1.54) is 75.3 Å². The molecule has 2 N–H and O–H groups in total. The van der Waals surface area contributed by atoms with E-state index in [-0.39, 0.29) is 0 Å². The molecule has 1 aromatic carbocycles. The number of hydrogen-bond acceptors (Lipinski definition) is 1. The third-order valence-electron chi connectivity index (χ3n) is 4.70. The van der Waals surface area contributed by atoms with E-state index in [2.05, 4.69) is 37.8 Å². The van der Waals surface area contributed by atoms with Crippen molar-refractivity contribution in [1.82, 2.24) is 0 Å². The molecule has 0 aliphatic heterocycles. The Balaban J connectivity index is 1.97. The van der Waals surface area contributed by atoms with Gasteiger partial charge in [0, 0.05) is 6.04 Å². The Morgan fingerprint density at radius 3 is 2.00 bits per heavy atom. The van der Waals surface area contributed by atoms with Crippen LogP contribution in [0.5, 0.6) is 0 Å². The summed E-state index contributed by atoms with van der Waals surface area (Å²) in [5, 5.41) is 0. The second-order valence-electron chi connectivity index (χ2n) is 6.86. The smallest absolute Gasteiger partial charge is 0.00419 e. The fourth-order valence-electron chi connectivity index (χ4n) is 3.03. The molecular weight excluding hydrogens is 278 g/mol. The molecule has 0 bridgehead atoms. The van der Waals surface area contributed by atoms with Gasteiger partial charge in [0.2, 0.25) is 0 Å². The summed E-state index contributed by atoms with van der Waals surface area (Å²) < 4.78 is 0. The first-order valence-corrected chi connectivity index (χ1v) is 9.73. The zero-order valence-corrected chi connectivity index (χ0v) is 15.2. The zero-order valence-electron chi connectivity index (χ0n) is 15.2. The molecule has 0 fully saturated rings. The molecule has 0 aliphatic rings. The largest absolute Gasteiger partial charge is 0.328 e. The molecule has 0 saturated heterocycles. The molecule has 1 unspecified atom stereocenters. The summed E-state index contributed by atoms with van der Waals surface area (Å²) in [5.41, 5.74) is 8.83. The first-order chi connectivity index (χ1) is 11.3. The molecule has 0 heterocycles. The molecule has 1 rings (SSSR count). The van der Waals surface area contributed by atoms with Gasteiger partial charge in [-0.3, -0.25) is 0 Å². The summed E-state index contributed by atoms with van der Waals surface area (Å²) in [6.45, 7) is 6.07. The summed E-state index contributed by atoms with van der Waals surface area (Å²) in [6.07, 6.45) is 17.7. The van der Waals surface area contributed by atoms with Gasteiger partial charge in [0.1, 0.15) is 0 Å². The standard InChI is InChI=1S/C22H37N/c1-3-5-6-7-8-9-10-11-12-13-22(23)19-18-21-16-14-20(4-2)15-17-21/h4,14-17,22H,2-3,5-13,18-19,23H2,1H3. The van der Waals surface area contributed by atoms with E-state index in [4.69, 9.17) is 5.73 Å². The number of nitrogens with two attached hydrogens (primary N) is 1. The first-order valence-electron chi connectivity index (χ1n) is 9.73. The molecule has 130 valence electrons. The molecule has 1 nitrogen and oxygen atoms in total. The second kappa shape index (κ2) is 13.4. The fourth-order valence-corrected chi connectivity index (χ4v) is 3.03. The Labute approximate surface area is 144 Å². The molecule has 1 aromatic rings. The number of benzene rings is 1. The Hall–Kier alpha value is -1.08. The van der Waals surface area contributed by atoms with Crippen LogP contribution < -0.4 is 5.73 Å². The van der Waals surface area contributed by atoms with Crippen molar-refractivity contribution in [2.45, 2.75) is 90.0 Å². The molecule has 0 radical (unpaired) electrons. The lowest BCUT2D eigenvalue weighted by atomic mass is 9.99. The van der Waals surface area contributed by atoms with Crippen LogP contribution in [-0.2, 0) is 6.42 Å². The maximum absolute atomic E-state index is 6.26. The number of rotatable bonds is 14. The van der Waals surface area contributed by atoms with Gasteiger partial charge in [-0.25, -0.2) is 0 Å². The molecule has 0 aromatic heterocycles. The Kier molecular flexibility index (Phi) is 11.6. The predicted octanol–water partition coefficient (Wildman–Crippen LogP) is 6.51. The lowest BCUT2D eigenvalue weighted by Gasteiger charge is -2.11. The Morgan fingerprint density at radius 1 is 0.870 bits per heavy atom. The van der Waals surface area contributed by atoms with E-state index in [0.717, 1.165) is 12.8 Å². The van der Waals surface area contributed by atoms with Gasteiger partial charge in [-0.15, -0.1) is 0 Å². The van der Waals surface area contributed by atoms with Crippen LogP contribution in [0.3, 0.4) is 0 Å². The number of hydrogen-bond donors (Lipinski definition) is 1. The van der Waals surface area contributed by atoms with Crippen molar-refractivity contribution in [1.29, 1.82) is 0 Å². The summed E-state index contributed by atoms with van der Waals surface area (Å²) in [6, 6.07) is 9.02. The number of aryl methyl sites for hydroxylation is 1. The molecule has 0 saturated carbocycles. The highest BCUT2D eigenvalue weighted by Crippen LogP contribution is 2.13. The zero-order chi connectivity index (χ0) is 16.8. The van der Waals surface area contributed by atoms with Crippen LogP contribution in [0.15, 0.2) is 30.8 Å². The highest BCUT2D eigenvalue weighted by molar-refractivity contribution is 5.47. The quantitative estimate of drug-likeness (QED) is 0.389. The van der Waals surface area contributed by atoms with E-state index in [1.54, 1.807) is 0 Å². The lowest BCUT2D eigenvalue weighted by Crippen LogP contribution is -2.20. The van der Waals surface area contributed by atoms with Crippen molar-refractivity contribution in [3.8, 4) is 0 Å². The van der Waals surface area contributed by atoms with Gasteiger partial charge in [-0.1, -0.05) is 102 Å². The highest BCUT2D eigenvalue weighted by atomic mass is 14.6. The Morgan fingerprint density at radius 2 is 1.43 bits per heavy atom. The van der Waals surface area contributed by atoms with Gasteiger partial charge in [0.15, 0.2) is 0 Å². The SMILES string of the molecule is C=Cc1ccc(CCC(N)CCCCCCCCCCC)cc1. The van der Waals surface area contributed by atoms with E-state index in [0.29, 0.717) is 6.04 Å². The van der Waals surface area contributed by atoms with Crippen LogP contribution in [0.4, 0.5) is 0 Å². The molecule has 0 amide bonds. The molecule has 1 heteroatoms. The van der Waals surface area contributed by atoms with Crippen LogP contribution in [-0.4, -0.2) is 6.04 Å². The van der Waals surface area contributed by atoms with Gasteiger partial charge in [0.05, 0.1) is 0 Å². The molecule has 0 spiro atoms. The van der Waals surface area contributed by atoms with E-state index in [9.17, 15) is 0 Å². The van der Waals surface area contributed by atoms with Gasteiger partial charge >= 0.3 is 0 Å². The topological polar surface area (TPSA) is 26.0 Å². The average Bonchev–Trinajstić information content (AvgIpc) is 2.59. The van der Waals surface area contributed by atoms with Crippen LogP contribution in [0, 0.1) is 0 Å². The van der Waals surface area contributed by atoms with Crippen molar-refractivity contribution in [3.63, 3.8) is 0 Å². The number of unbranched alkanes of at least 4 members (excludes halogenated alkanes) is 8. The van der Waals surface area contributed by atoms with E-state index in [1.807, 2.05) is 6.08 Å². The third kappa shape index (κ3) is 10.3. The normalized spacial score (nSPS) is 12.3. The average molecular weight is 316 g/mol. The van der Waals surface area contributed by atoms with Crippen LogP contribution in [0.2, 0.25) is 0 Å². The summed E-state index contributed by atoms with van der Waals surface area (Å²) >= 11 is 0. The van der Waals surface area contributed by atoms with Crippen LogP contribution >= 0.6 is 0 Å². The molecular formula is C22H37N. The van der Waals surface area contributed by atoms with Crippen molar-refractivity contribution < 1.29 is 0 Å². The van der Waals surface area contributed by atoms with Gasteiger partial charge in [-0.05, 0) is 30.4 Å². The van der Waals surface area contributed by atoms with Crippen LogP contribution in [0.25, 0.3) is 6.08 Å². The van der Waals surface area contributed by atoms with Crippen LogP contribution in [0.1, 0.15) is 88.7 Å². The van der Waals surface area contributed by atoms with Crippen molar-refractivity contribution in [2.24, 2.45) is 5.73 Å². The monoisotopic (exact) mass is 315 g/mol. The molecule has 0 aliphatic carbocycles. The second-order valence-corrected chi connectivity index (χ2v) is 6.86. The van der Waals surface area contributed by atoms with E-state index < -0.39 is 0 Å². The van der Waals surface area contributed by atoms with Gasteiger partial charge in [0.25, 0.3) is 0 Å². The minimum absolute atomic E-state index is 0.360. The highest BCUT2D eigenvalue weighted by Gasteiger charge is 2.03. The minimum atomic E-state index is 0.360. The molecule has 23 heavy (non-hydrogen) atoms. The summed E-state index contributed by atoms with van der Waals surface area (Å²) in [7, 11) is 0. The van der Waals surface area contributed by atoms with Gasteiger partial charge < -0.3 is 5.73 Å².